The fourth-order valence-corrected chi connectivity index (χ4v) is 5.53. The number of carbonyl (C=O) groups is 3. The third-order valence-electron chi connectivity index (χ3n) is 7.73. The van der Waals surface area contributed by atoms with Crippen LogP contribution in [0.1, 0.15) is 27.9 Å². The average Bonchev–Trinajstić information content (AvgIpc) is 3.66. The van der Waals surface area contributed by atoms with Gasteiger partial charge < -0.3 is 30.5 Å². The number of ether oxygens (including phenoxy) is 2. The number of carbonyl (C=O) groups excluding carboxylic acids is 2. The van der Waals surface area contributed by atoms with Crippen LogP contribution in [-0.2, 0) is 17.8 Å². The molecule has 2 aliphatic rings. The number of aromatic carboxylic acids is 1. The predicted molar refractivity (Wildman–Crippen MR) is 161 cm³/mol. The van der Waals surface area contributed by atoms with Crippen LogP contribution in [0.4, 0.5) is 10.5 Å². The first-order valence-corrected chi connectivity index (χ1v) is 14.2. The van der Waals surface area contributed by atoms with Crippen molar-refractivity contribution in [2.75, 3.05) is 25.2 Å². The van der Waals surface area contributed by atoms with E-state index in [4.69, 9.17) is 14.6 Å². The van der Waals surface area contributed by atoms with Gasteiger partial charge in [-0.25, -0.2) is 9.59 Å². The Kier molecular flexibility index (Phi) is 8.10. The van der Waals surface area contributed by atoms with Crippen molar-refractivity contribution in [1.29, 1.82) is 0 Å². The van der Waals surface area contributed by atoms with Crippen molar-refractivity contribution < 1.29 is 29.0 Å². The molecule has 6 rings (SSSR count). The quantitative estimate of drug-likeness (QED) is 0.231. The summed E-state index contributed by atoms with van der Waals surface area (Å²) in [6, 6.07) is 24.3. The number of carboxylic acid groups (broad SMARTS) is 1. The standard InChI is InChI=1S/C33H32N4O6/c38-31(34-27-13-14-37(19-27)18-22-6-12-29-30(17-22)43-20-42-29)28(16-21-5-7-23-3-1-2-4-25(23)15-21)36-33(41)35-26-10-8-24(9-11-26)32(39)40/h1-12,15,17,27-28H,13-14,16,18-20H2,(H,34,38)(H,39,40)(H2,35,36,41)/t27-,28-/m0/s1. The van der Waals surface area contributed by atoms with E-state index >= 15 is 0 Å². The third kappa shape index (κ3) is 6.87. The molecule has 10 heteroatoms. The van der Waals surface area contributed by atoms with Gasteiger partial charge in [0.1, 0.15) is 6.04 Å². The lowest BCUT2D eigenvalue weighted by Gasteiger charge is -2.22. The summed E-state index contributed by atoms with van der Waals surface area (Å²) >= 11 is 0. The van der Waals surface area contributed by atoms with E-state index in [2.05, 4.69) is 20.9 Å². The van der Waals surface area contributed by atoms with Gasteiger partial charge in [-0.3, -0.25) is 9.69 Å². The zero-order chi connectivity index (χ0) is 29.8. The summed E-state index contributed by atoms with van der Waals surface area (Å²) < 4.78 is 10.9. The molecule has 4 aromatic rings. The van der Waals surface area contributed by atoms with Gasteiger partial charge >= 0.3 is 12.0 Å². The van der Waals surface area contributed by atoms with E-state index in [1.54, 1.807) is 0 Å². The number of amides is 3. The van der Waals surface area contributed by atoms with Crippen molar-refractivity contribution in [3.05, 3.63) is 102 Å². The molecule has 1 fully saturated rings. The lowest BCUT2D eigenvalue weighted by molar-refractivity contribution is -0.123. The van der Waals surface area contributed by atoms with Crippen molar-refractivity contribution in [1.82, 2.24) is 15.5 Å². The first-order chi connectivity index (χ1) is 20.9. The normalized spacial score (nSPS) is 16.5. The smallest absolute Gasteiger partial charge is 0.335 e. The van der Waals surface area contributed by atoms with Crippen LogP contribution in [-0.4, -0.2) is 59.9 Å². The number of benzene rings is 4. The Labute approximate surface area is 248 Å². The molecule has 0 bridgehead atoms. The molecule has 3 amide bonds. The fraction of sp³-hybridized carbons (Fsp3) is 0.242. The van der Waals surface area contributed by atoms with E-state index in [0.717, 1.165) is 52.9 Å². The minimum atomic E-state index is -1.05. The summed E-state index contributed by atoms with van der Waals surface area (Å²) in [5.74, 6) is 0.186. The highest BCUT2D eigenvalue weighted by atomic mass is 16.7. The molecule has 0 unspecified atom stereocenters. The highest BCUT2D eigenvalue weighted by Gasteiger charge is 2.28. The van der Waals surface area contributed by atoms with E-state index in [1.807, 2.05) is 60.7 Å². The average molecular weight is 581 g/mol. The Morgan fingerprint density at radius 2 is 1.65 bits per heavy atom. The second-order valence-electron chi connectivity index (χ2n) is 10.8. The predicted octanol–water partition coefficient (Wildman–Crippen LogP) is 4.39. The van der Waals surface area contributed by atoms with Crippen molar-refractivity contribution in [2.45, 2.75) is 31.5 Å². The van der Waals surface area contributed by atoms with Crippen LogP contribution in [0.3, 0.4) is 0 Å². The maximum absolute atomic E-state index is 13.6. The number of hydrogen-bond acceptors (Lipinski definition) is 6. The van der Waals surface area contributed by atoms with Gasteiger partial charge in [-0.05, 0) is 64.7 Å². The molecule has 2 aliphatic heterocycles. The van der Waals surface area contributed by atoms with Crippen LogP contribution < -0.4 is 25.4 Å². The third-order valence-corrected chi connectivity index (χ3v) is 7.73. The number of fused-ring (bicyclic) bond motifs is 2. The molecule has 1 saturated heterocycles. The maximum atomic E-state index is 13.6. The monoisotopic (exact) mass is 580 g/mol. The van der Waals surface area contributed by atoms with Gasteiger partial charge in [0, 0.05) is 37.8 Å². The molecule has 2 heterocycles. The van der Waals surface area contributed by atoms with Crippen LogP contribution in [0.25, 0.3) is 10.8 Å². The summed E-state index contributed by atoms with van der Waals surface area (Å²) in [4.78, 5) is 40.0. The minimum absolute atomic E-state index is 0.0611. The van der Waals surface area contributed by atoms with Crippen LogP contribution in [0, 0.1) is 0 Å². The van der Waals surface area contributed by atoms with Crippen LogP contribution in [0.2, 0.25) is 0 Å². The van der Waals surface area contributed by atoms with Crippen molar-refractivity contribution >= 4 is 34.4 Å². The van der Waals surface area contributed by atoms with Crippen LogP contribution in [0.15, 0.2) is 84.9 Å². The second kappa shape index (κ2) is 12.4. The number of anilines is 1. The van der Waals surface area contributed by atoms with Crippen molar-refractivity contribution in [3.63, 3.8) is 0 Å². The van der Waals surface area contributed by atoms with Gasteiger partial charge in [-0.15, -0.1) is 0 Å². The Morgan fingerprint density at radius 3 is 2.47 bits per heavy atom. The van der Waals surface area contributed by atoms with Gasteiger partial charge in [0.2, 0.25) is 12.7 Å². The van der Waals surface area contributed by atoms with Gasteiger partial charge in [-0.1, -0.05) is 48.5 Å². The molecule has 10 nitrogen and oxygen atoms in total. The molecular weight excluding hydrogens is 548 g/mol. The molecular formula is C33H32N4O6. The Balaban J connectivity index is 1.11. The molecule has 0 aliphatic carbocycles. The van der Waals surface area contributed by atoms with E-state index in [-0.39, 0.29) is 24.3 Å². The van der Waals surface area contributed by atoms with Gasteiger partial charge in [0.15, 0.2) is 11.5 Å². The zero-order valence-corrected chi connectivity index (χ0v) is 23.4. The fourth-order valence-electron chi connectivity index (χ4n) is 5.53. The molecule has 220 valence electrons. The van der Waals surface area contributed by atoms with E-state index < -0.39 is 18.0 Å². The number of likely N-dealkylation sites (tertiary alicyclic amines) is 1. The van der Waals surface area contributed by atoms with Gasteiger partial charge in [0.25, 0.3) is 0 Å². The number of carboxylic acids is 1. The van der Waals surface area contributed by atoms with Crippen LogP contribution >= 0.6 is 0 Å². The van der Waals surface area contributed by atoms with Crippen LogP contribution in [0.5, 0.6) is 11.5 Å². The topological polar surface area (TPSA) is 129 Å². The summed E-state index contributed by atoms with van der Waals surface area (Å²) in [7, 11) is 0. The van der Waals surface area contributed by atoms with Crippen molar-refractivity contribution in [2.24, 2.45) is 0 Å². The van der Waals surface area contributed by atoms with E-state index in [1.165, 1.54) is 24.3 Å². The maximum Gasteiger partial charge on any atom is 0.335 e. The molecule has 0 aromatic heterocycles. The lowest BCUT2D eigenvalue weighted by atomic mass is 10.0. The number of hydrogen-bond donors (Lipinski definition) is 4. The first kappa shape index (κ1) is 28.0. The Hall–Kier alpha value is -5.09. The Bertz CT molecular complexity index is 1660. The second-order valence-corrected chi connectivity index (χ2v) is 10.8. The molecule has 4 aromatic carbocycles. The van der Waals surface area contributed by atoms with Gasteiger partial charge in [-0.2, -0.15) is 0 Å². The molecule has 0 spiro atoms. The largest absolute Gasteiger partial charge is 0.478 e. The van der Waals surface area contributed by atoms with E-state index in [0.29, 0.717) is 18.7 Å². The lowest BCUT2D eigenvalue weighted by Crippen LogP contribution is -2.52. The van der Waals surface area contributed by atoms with Crippen molar-refractivity contribution in [3.8, 4) is 11.5 Å². The number of nitrogens with one attached hydrogen (secondary N) is 3. The Morgan fingerprint density at radius 1 is 0.884 bits per heavy atom. The molecule has 0 saturated carbocycles. The summed E-state index contributed by atoms with van der Waals surface area (Å²) in [6.07, 6.45) is 1.09. The summed E-state index contributed by atoms with van der Waals surface area (Å²) in [6.45, 7) is 2.48. The molecule has 43 heavy (non-hydrogen) atoms. The highest BCUT2D eigenvalue weighted by Crippen LogP contribution is 2.33. The summed E-state index contributed by atoms with van der Waals surface area (Å²) in [5, 5.41) is 20.0. The highest BCUT2D eigenvalue weighted by molar-refractivity contribution is 5.95. The SMILES string of the molecule is O=C(Nc1ccc(C(=O)O)cc1)N[C@@H](Cc1ccc2ccccc2c1)C(=O)N[C@H]1CCN(Cc2ccc3c(c2)OCO3)C1. The molecule has 0 radical (unpaired) electrons. The van der Waals surface area contributed by atoms with E-state index in [9.17, 15) is 14.4 Å². The molecule has 4 N–H and O–H groups in total. The van der Waals surface area contributed by atoms with Gasteiger partial charge in [0.05, 0.1) is 5.56 Å². The first-order valence-electron chi connectivity index (χ1n) is 14.2. The summed E-state index contributed by atoms with van der Waals surface area (Å²) in [5.41, 5.74) is 2.56. The number of rotatable bonds is 9. The zero-order valence-electron chi connectivity index (χ0n) is 23.4. The number of nitrogens with zero attached hydrogens (tertiary/aromatic N) is 1. The number of urea groups is 1. The minimum Gasteiger partial charge on any atom is -0.478 e. The molecule has 2 atom stereocenters.